The molecular weight excluding hydrogens is 307 g/mol. The highest BCUT2D eigenvalue weighted by atomic mass is 32.2. The first-order chi connectivity index (χ1) is 10.5. The molecule has 4 nitrogen and oxygen atoms in total. The molecule has 0 aromatic heterocycles. The molecule has 0 aliphatic heterocycles. The lowest BCUT2D eigenvalue weighted by Gasteiger charge is -1.96. The molecule has 0 fully saturated rings. The van der Waals surface area contributed by atoms with Crippen LogP contribution in [0.3, 0.4) is 0 Å². The zero-order chi connectivity index (χ0) is 16.7. The summed E-state index contributed by atoms with van der Waals surface area (Å²) in [6.07, 6.45) is 11.4. The summed E-state index contributed by atoms with van der Waals surface area (Å²) in [7, 11) is -4.00. The van der Waals surface area contributed by atoms with Crippen LogP contribution in [0, 0.1) is 0 Å². The van der Waals surface area contributed by atoms with Crippen LogP contribution in [-0.2, 0) is 15.1 Å². The first-order valence-corrected chi connectivity index (χ1v) is 8.91. The molecule has 0 aliphatic carbocycles. The van der Waals surface area contributed by atoms with Gasteiger partial charge in [0.2, 0.25) is 0 Å². The maximum absolute atomic E-state index is 11.1. The Kier molecular flexibility index (Phi) is 12.4. The lowest BCUT2D eigenvalue weighted by atomic mass is 10.1. The van der Waals surface area contributed by atoms with E-state index in [1.54, 1.807) is 24.3 Å². The number of hydrogen-bond acceptors (Lipinski definition) is 3. The molecule has 126 valence electrons. The zero-order valence-electron chi connectivity index (χ0n) is 12.9. The molecule has 22 heavy (non-hydrogen) atoms. The Labute approximate surface area is 132 Å². The third kappa shape index (κ3) is 12.3. The quantitative estimate of drug-likeness (QED) is 0.389. The Morgan fingerprint density at radius 3 is 2.18 bits per heavy atom. The molecule has 0 heterocycles. The van der Waals surface area contributed by atoms with Crippen LogP contribution >= 0.6 is 0 Å². The van der Waals surface area contributed by atoms with Crippen LogP contribution < -0.4 is 0 Å². The van der Waals surface area contributed by atoms with Crippen molar-refractivity contribution in [3.8, 4) is 0 Å². The van der Waals surface area contributed by atoms with Gasteiger partial charge in [-0.05, 0) is 31.1 Å². The minimum Gasteiger partial charge on any atom is -0.303 e. The van der Waals surface area contributed by atoms with Gasteiger partial charge in [-0.2, -0.15) is 8.42 Å². The molecule has 1 N–H and O–H groups in total. The van der Waals surface area contributed by atoms with Gasteiger partial charge in [0, 0.05) is 4.53 Å². The van der Waals surface area contributed by atoms with Crippen molar-refractivity contribution >= 4 is 10.1 Å². The predicted molar refractivity (Wildman–Crippen MR) is 85.6 cm³/mol. The van der Waals surface area contributed by atoms with Crippen molar-refractivity contribution in [3.05, 3.63) is 42.7 Å². The molecule has 0 saturated carbocycles. The number of allylic oxidation sites excluding steroid dienone is 1. The van der Waals surface area contributed by atoms with E-state index in [9.17, 15) is 12.9 Å². The van der Waals surface area contributed by atoms with Crippen LogP contribution in [0.25, 0.3) is 0 Å². The average molecular weight is 332 g/mol. The highest BCUT2D eigenvalue weighted by Gasteiger charge is 2.05. The van der Waals surface area contributed by atoms with E-state index in [0.29, 0.717) is 0 Å². The number of hydrogen-bond donors (Lipinski definition) is 1. The fourth-order valence-electron chi connectivity index (χ4n) is 1.74. The summed E-state index contributed by atoms with van der Waals surface area (Å²) >= 11 is 0. The van der Waals surface area contributed by atoms with Crippen molar-refractivity contribution < 1.29 is 22.4 Å². The van der Waals surface area contributed by atoms with Gasteiger partial charge in [-0.15, -0.1) is 0 Å². The summed E-state index contributed by atoms with van der Waals surface area (Å²) in [6, 6.07) is 7.42. The van der Waals surface area contributed by atoms with E-state index in [1.165, 1.54) is 44.2 Å². The highest BCUT2D eigenvalue weighted by molar-refractivity contribution is 7.85. The van der Waals surface area contributed by atoms with Crippen molar-refractivity contribution in [2.24, 2.45) is 0 Å². The number of unbranched alkanes of at least 4 members (excludes halogenated alkanes) is 6. The van der Waals surface area contributed by atoms with E-state index < -0.39 is 10.1 Å². The molecule has 0 spiro atoms. The van der Waals surface area contributed by atoms with Gasteiger partial charge in [0.05, 0.1) is 4.90 Å². The average Bonchev–Trinajstić information content (AvgIpc) is 2.51. The highest BCUT2D eigenvalue weighted by Crippen LogP contribution is 2.07. The maximum atomic E-state index is 11.1. The van der Waals surface area contributed by atoms with E-state index in [2.05, 4.69) is 11.9 Å². The molecule has 0 unspecified atom stereocenters. The molecule has 0 bridgehead atoms. The molecule has 0 saturated heterocycles. The summed E-state index contributed by atoms with van der Waals surface area (Å²) < 4.78 is 40.3. The van der Waals surface area contributed by atoms with Crippen LogP contribution in [-0.4, -0.2) is 13.0 Å². The SMILES string of the molecule is CCCCCCCCC=COF.O=S(=O)(O)c1ccccc1. The van der Waals surface area contributed by atoms with Crippen molar-refractivity contribution in [1.82, 2.24) is 0 Å². The minimum absolute atomic E-state index is 0.0741. The number of rotatable bonds is 9. The van der Waals surface area contributed by atoms with Crippen molar-refractivity contribution in [1.29, 1.82) is 0 Å². The van der Waals surface area contributed by atoms with Gasteiger partial charge >= 0.3 is 0 Å². The third-order valence-corrected chi connectivity index (χ3v) is 3.78. The van der Waals surface area contributed by atoms with Gasteiger partial charge in [-0.3, -0.25) is 4.55 Å². The second kappa shape index (κ2) is 13.3. The maximum Gasteiger partial charge on any atom is 0.294 e. The van der Waals surface area contributed by atoms with Gasteiger partial charge in [0.25, 0.3) is 10.1 Å². The molecule has 1 aromatic rings. The van der Waals surface area contributed by atoms with Crippen molar-refractivity contribution in [2.45, 2.75) is 56.8 Å². The largest absolute Gasteiger partial charge is 0.303 e. The monoisotopic (exact) mass is 332 g/mol. The lowest BCUT2D eigenvalue weighted by molar-refractivity contribution is -0.0621. The molecule has 6 heteroatoms. The van der Waals surface area contributed by atoms with E-state index >= 15 is 0 Å². The molecule has 0 amide bonds. The van der Waals surface area contributed by atoms with Gasteiger partial charge in [-0.25, -0.2) is 0 Å². The fourth-order valence-corrected chi connectivity index (χ4v) is 2.24. The first kappa shape index (κ1) is 20.6. The molecule has 1 rings (SSSR count). The molecular formula is C16H25FO4S. The summed E-state index contributed by atoms with van der Waals surface area (Å²) in [5.41, 5.74) is 0. The first-order valence-electron chi connectivity index (χ1n) is 7.47. The second-order valence-corrected chi connectivity index (χ2v) is 6.23. The molecule has 0 aliphatic rings. The molecule has 0 radical (unpaired) electrons. The standard InChI is InChI=1S/C10H19FO.C6H6O3S/c1-2-3-4-5-6-7-8-9-10-12-11;7-10(8,9)6-4-2-1-3-5-6/h9-10H,2-8H2,1H3;1-5H,(H,7,8,9). The molecule has 0 atom stereocenters. The van der Waals surface area contributed by atoms with E-state index in [0.717, 1.165) is 19.1 Å². The van der Waals surface area contributed by atoms with Crippen LogP contribution in [0.1, 0.15) is 51.9 Å². The van der Waals surface area contributed by atoms with Crippen molar-refractivity contribution in [2.75, 3.05) is 0 Å². The fraction of sp³-hybridized carbons (Fsp3) is 0.500. The Balaban J connectivity index is 0.000000406. The summed E-state index contributed by atoms with van der Waals surface area (Å²) in [6.45, 7) is 2.21. The van der Waals surface area contributed by atoms with E-state index in [4.69, 9.17) is 4.55 Å². The zero-order valence-corrected chi connectivity index (χ0v) is 13.8. The predicted octanol–water partition coefficient (Wildman–Crippen LogP) is 5.09. The second-order valence-electron chi connectivity index (χ2n) is 4.81. The molecule has 1 aromatic carbocycles. The van der Waals surface area contributed by atoms with E-state index in [1.807, 2.05) is 0 Å². The van der Waals surface area contributed by atoms with Crippen LogP contribution in [0.5, 0.6) is 0 Å². The summed E-state index contributed by atoms with van der Waals surface area (Å²) in [5.74, 6) is 0. The lowest BCUT2D eigenvalue weighted by Crippen LogP contribution is -1.96. The smallest absolute Gasteiger partial charge is 0.294 e. The summed E-state index contributed by atoms with van der Waals surface area (Å²) in [4.78, 5) is 3.23. The van der Waals surface area contributed by atoms with E-state index in [-0.39, 0.29) is 4.90 Å². The number of benzene rings is 1. The van der Waals surface area contributed by atoms with Gasteiger partial charge < -0.3 is 4.94 Å². The van der Waals surface area contributed by atoms with Gasteiger partial charge in [0.15, 0.2) is 0 Å². The van der Waals surface area contributed by atoms with Crippen LogP contribution in [0.15, 0.2) is 47.6 Å². The van der Waals surface area contributed by atoms with Crippen LogP contribution in [0.2, 0.25) is 0 Å². The Bertz CT molecular complexity index is 486. The van der Waals surface area contributed by atoms with Crippen molar-refractivity contribution in [3.63, 3.8) is 0 Å². The Hall–Kier alpha value is -1.40. The third-order valence-electron chi connectivity index (χ3n) is 2.91. The Morgan fingerprint density at radius 2 is 1.68 bits per heavy atom. The summed E-state index contributed by atoms with van der Waals surface area (Å²) in [5, 5.41) is 0. The van der Waals surface area contributed by atoms with Gasteiger partial charge in [0.1, 0.15) is 6.26 Å². The Morgan fingerprint density at radius 1 is 1.09 bits per heavy atom. The number of halogens is 1. The topological polar surface area (TPSA) is 63.6 Å². The normalized spacial score (nSPS) is 11.0. The van der Waals surface area contributed by atoms with Gasteiger partial charge in [-0.1, -0.05) is 57.2 Å². The van der Waals surface area contributed by atoms with Crippen LogP contribution in [0.4, 0.5) is 4.53 Å². The minimum atomic E-state index is -4.00.